The molecule has 1 N–H and O–H groups in total. The van der Waals surface area contributed by atoms with Crippen LogP contribution in [0.2, 0.25) is 0 Å². The van der Waals surface area contributed by atoms with E-state index in [0.29, 0.717) is 0 Å². The zero-order chi connectivity index (χ0) is 19.0. The standard InChI is InChI=1S/C17H10F3N5OS/c18-17(19,20)11-4-2-1-3-10(11)12-5-6-25-15(23-12)13(7-22-25)24-16(26)14-8-27-9-21-14/h1-9H,(H,24,26). The fourth-order valence-electron chi connectivity index (χ4n) is 2.57. The maximum Gasteiger partial charge on any atom is 0.417 e. The topological polar surface area (TPSA) is 72.2 Å². The summed E-state index contributed by atoms with van der Waals surface area (Å²) < 4.78 is 41.2. The molecular formula is C17H10F3N5OS. The fraction of sp³-hybridized carbons (Fsp3) is 0.0588. The molecule has 0 aliphatic heterocycles. The Morgan fingerprint density at radius 3 is 2.74 bits per heavy atom. The predicted molar refractivity (Wildman–Crippen MR) is 93.5 cm³/mol. The van der Waals surface area contributed by atoms with E-state index >= 15 is 0 Å². The van der Waals surface area contributed by atoms with E-state index in [0.717, 1.165) is 6.07 Å². The number of thiazole rings is 1. The van der Waals surface area contributed by atoms with E-state index in [1.54, 1.807) is 5.38 Å². The molecule has 0 aliphatic carbocycles. The Morgan fingerprint density at radius 1 is 1.19 bits per heavy atom. The van der Waals surface area contributed by atoms with Crippen LogP contribution in [0.25, 0.3) is 16.9 Å². The van der Waals surface area contributed by atoms with Crippen LogP contribution in [0, 0.1) is 0 Å². The molecule has 0 atom stereocenters. The molecule has 10 heteroatoms. The van der Waals surface area contributed by atoms with Gasteiger partial charge in [-0.15, -0.1) is 11.3 Å². The van der Waals surface area contributed by atoms with E-state index < -0.39 is 17.6 Å². The average molecular weight is 389 g/mol. The van der Waals surface area contributed by atoms with Crippen molar-refractivity contribution in [2.24, 2.45) is 0 Å². The minimum Gasteiger partial charge on any atom is -0.316 e. The summed E-state index contributed by atoms with van der Waals surface area (Å²) in [4.78, 5) is 20.4. The first kappa shape index (κ1) is 17.2. The van der Waals surface area contributed by atoms with E-state index in [1.165, 1.54) is 58.0 Å². The van der Waals surface area contributed by atoms with Gasteiger partial charge in [-0.05, 0) is 12.1 Å². The molecular weight excluding hydrogens is 379 g/mol. The molecule has 4 aromatic rings. The molecule has 0 saturated heterocycles. The van der Waals surface area contributed by atoms with Crippen molar-refractivity contribution < 1.29 is 18.0 Å². The summed E-state index contributed by atoms with van der Waals surface area (Å²) in [6.07, 6.45) is -1.64. The molecule has 3 heterocycles. The lowest BCUT2D eigenvalue weighted by Crippen LogP contribution is -2.12. The van der Waals surface area contributed by atoms with Crippen LogP contribution in [0.3, 0.4) is 0 Å². The fourth-order valence-corrected chi connectivity index (χ4v) is 3.10. The Hall–Kier alpha value is -3.27. The molecule has 27 heavy (non-hydrogen) atoms. The highest BCUT2D eigenvalue weighted by molar-refractivity contribution is 7.07. The van der Waals surface area contributed by atoms with E-state index in [-0.39, 0.29) is 28.3 Å². The lowest BCUT2D eigenvalue weighted by molar-refractivity contribution is -0.137. The van der Waals surface area contributed by atoms with Crippen molar-refractivity contribution in [2.75, 3.05) is 5.32 Å². The van der Waals surface area contributed by atoms with Crippen molar-refractivity contribution in [3.63, 3.8) is 0 Å². The van der Waals surface area contributed by atoms with Gasteiger partial charge in [-0.2, -0.15) is 18.3 Å². The summed E-state index contributed by atoms with van der Waals surface area (Å²) in [6.45, 7) is 0. The summed E-state index contributed by atoms with van der Waals surface area (Å²) in [7, 11) is 0. The molecule has 136 valence electrons. The first-order valence-electron chi connectivity index (χ1n) is 7.64. The van der Waals surface area contributed by atoms with Gasteiger partial charge in [0, 0.05) is 17.1 Å². The van der Waals surface area contributed by atoms with Gasteiger partial charge in [-0.3, -0.25) is 4.79 Å². The second-order valence-electron chi connectivity index (χ2n) is 5.51. The summed E-state index contributed by atoms with van der Waals surface area (Å²) in [5.41, 5.74) is 1.56. The quantitative estimate of drug-likeness (QED) is 0.572. The summed E-state index contributed by atoms with van der Waals surface area (Å²) >= 11 is 1.27. The van der Waals surface area contributed by atoms with Gasteiger partial charge < -0.3 is 5.32 Å². The minimum atomic E-state index is -4.51. The first-order chi connectivity index (χ1) is 12.9. The monoisotopic (exact) mass is 389 g/mol. The Bertz CT molecular complexity index is 1120. The summed E-state index contributed by atoms with van der Waals surface area (Å²) in [5.74, 6) is -0.450. The third-order valence-corrected chi connectivity index (χ3v) is 4.38. The molecule has 0 aliphatic rings. The smallest absolute Gasteiger partial charge is 0.316 e. The Morgan fingerprint density at radius 2 is 2.00 bits per heavy atom. The maximum atomic E-state index is 13.3. The highest BCUT2D eigenvalue weighted by Crippen LogP contribution is 2.36. The number of anilines is 1. The number of hydrogen-bond acceptors (Lipinski definition) is 5. The molecule has 0 radical (unpaired) electrons. The molecule has 1 amide bonds. The van der Waals surface area contributed by atoms with Gasteiger partial charge in [0.1, 0.15) is 11.4 Å². The van der Waals surface area contributed by atoms with Crippen molar-refractivity contribution >= 4 is 28.6 Å². The van der Waals surface area contributed by atoms with Crippen LogP contribution in [-0.4, -0.2) is 25.5 Å². The number of fused-ring (bicyclic) bond motifs is 1. The third kappa shape index (κ3) is 3.26. The van der Waals surface area contributed by atoms with Crippen LogP contribution in [0.4, 0.5) is 18.9 Å². The highest BCUT2D eigenvalue weighted by atomic mass is 32.1. The average Bonchev–Trinajstić information content (AvgIpc) is 3.31. The van der Waals surface area contributed by atoms with Crippen LogP contribution in [0.5, 0.6) is 0 Å². The summed E-state index contributed by atoms with van der Waals surface area (Å²) in [5, 5.41) is 8.27. The molecule has 6 nitrogen and oxygen atoms in total. The highest BCUT2D eigenvalue weighted by Gasteiger charge is 2.33. The zero-order valence-corrected chi connectivity index (χ0v) is 14.3. The van der Waals surface area contributed by atoms with Crippen LogP contribution in [0.15, 0.2) is 53.6 Å². The molecule has 0 spiro atoms. The third-order valence-electron chi connectivity index (χ3n) is 3.79. The number of rotatable bonds is 3. The van der Waals surface area contributed by atoms with Crippen LogP contribution in [-0.2, 0) is 6.18 Å². The number of alkyl halides is 3. The molecule has 1 aromatic carbocycles. The minimum absolute atomic E-state index is 0.0505. The second kappa shape index (κ2) is 6.47. The van der Waals surface area contributed by atoms with Crippen molar-refractivity contribution in [2.45, 2.75) is 6.18 Å². The zero-order valence-electron chi connectivity index (χ0n) is 13.4. The molecule has 4 rings (SSSR count). The lowest BCUT2D eigenvalue weighted by atomic mass is 10.0. The normalized spacial score (nSPS) is 11.7. The van der Waals surface area contributed by atoms with Gasteiger partial charge in [0.2, 0.25) is 0 Å². The Labute approximate surface area is 154 Å². The van der Waals surface area contributed by atoms with Gasteiger partial charge >= 0.3 is 6.18 Å². The maximum absolute atomic E-state index is 13.3. The van der Waals surface area contributed by atoms with E-state index in [1.807, 2.05) is 0 Å². The first-order valence-corrected chi connectivity index (χ1v) is 8.58. The number of carbonyl (C=O) groups excluding carboxylic acids is 1. The van der Waals surface area contributed by atoms with Gasteiger partial charge in [0.25, 0.3) is 5.91 Å². The Kier molecular flexibility index (Phi) is 4.11. The van der Waals surface area contributed by atoms with E-state index in [4.69, 9.17) is 0 Å². The number of carbonyl (C=O) groups is 1. The van der Waals surface area contributed by atoms with Crippen LogP contribution in [0.1, 0.15) is 16.1 Å². The SMILES string of the molecule is O=C(Nc1cnn2ccc(-c3ccccc3C(F)(F)F)nc12)c1cscn1. The molecule has 0 bridgehead atoms. The Balaban J connectivity index is 1.76. The van der Waals surface area contributed by atoms with Crippen LogP contribution >= 0.6 is 11.3 Å². The summed E-state index contributed by atoms with van der Waals surface area (Å²) in [6, 6.07) is 6.63. The van der Waals surface area contributed by atoms with Crippen LogP contribution < -0.4 is 5.32 Å². The predicted octanol–water partition coefficient (Wildman–Crippen LogP) is 4.12. The number of benzene rings is 1. The number of halogens is 3. The molecule has 0 fully saturated rings. The molecule has 0 saturated carbocycles. The molecule has 0 unspecified atom stereocenters. The largest absolute Gasteiger partial charge is 0.417 e. The van der Waals surface area contributed by atoms with E-state index in [9.17, 15) is 18.0 Å². The number of nitrogens with one attached hydrogen (secondary N) is 1. The van der Waals surface area contributed by atoms with Gasteiger partial charge in [0.15, 0.2) is 5.65 Å². The number of amides is 1. The van der Waals surface area contributed by atoms with Gasteiger partial charge in [-0.25, -0.2) is 14.5 Å². The lowest BCUT2D eigenvalue weighted by Gasteiger charge is -2.12. The van der Waals surface area contributed by atoms with Crippen molar-refractivity contribution in [3.05, 3.63) is 64.9 Å². The molecule has 3 aromatic heterocycles. The number of hydrogen-bond donors (Lipinski definition) is 1. The number of nitrogens with zero attached hydrogens (tertiary/aromatic N) is 4. The number of aromatic nitrogens is 4. The van der Waals surface area contributed by atoms with Crippen molar-refractivity contribution in [1.29, 1.82) is 0 Å². The van der Waals surface area contributed by atoms with Gasteiger partial charge in [-0.1, -0.05) is 18.2 Å². The van der Waals surface area contributed by atoms with Crippen molar-refractivity contribution in [1.82, 2.24) is 19.6 Å². The second-order valence-corrected chi connectivity index (χ2v) is 6.23. The van der Waals surface area contributed by atoms with E-state index in [2.05, 4.69) is 20.4 Å². The van der Waals surface area contributed by atoms with Crippen molar-refractivity contribution in [3.8, 4) is 11.3 Å². The van der Waals surface area contributed by atoms with Gasteiger partial charge in [0.05, 0.1) is 23.0 Å².